The molecule has 0 N–H and O–H groups in total. The van der Waals surface area contributed by atoms with Crippen molar-refractivity contribution < 1.29 is 19.1 Å². The smallest absolute Gasteiger partial charge is 0.253 e. The molecule has 0 atom stereocenters. The molecule has 2 amide bonds. The van der Waals surface area contributed by atoms with E-state index in [0.717, 1.165) is 12.0 Å². The first-order valence-electron chi connectivity index (χ1n) is 10.6. The third-order valence-electron chi connectivity index (χ3n) is 5.36. The van der Waals surface area contributed by atoms with Gasteiger partial charge in [0.1, 0.15) is 0 Å². The summed E-state index contributed by atoms with van der Waals surface area (Å²) >= 11 is 6.01. The van der Waals surface area contributed by atoms with Gasteiger partial charge in [0.2, 0.25) is 5.91 Å². The highest BCUT2D eigenvalue weighted by Crippen LogP contribution is 2.28. The van der Waals surface area contributed by atoms with Gasteiger partial charge in [-0.05, 0) is 55.7 Å². The molecule has 1 heterocycles. The predicted octanol–water partition coefficient (Wildman–Crippen LogP) is 4.05. The molecule has 0 spiro atoms. The van der Waals surface area contributed by atoms with Crippen LogP contribution in [-0.4, -0.2) is 61.5 Å². The zero-order chi connectivity index (χ0) is 22.2. The monoisotopic (exact) mass is 444 g/mol. The lowest BCUT2D eigenvalue weighted by molar-refractivity contribution is -0.131. The number of rotatable bonds is 7. The number of amides is 2. The fourth-order valence-corrected chi connectivity index (χ4v) is 3.92. The van der Waals surface area contributed by atoms with Crippen molar-refractivity contribution in [2.75, 3.05) is 39.9 Å². The Labute approximate surface area is 188 Å². The Morgan fingerprint density at radius 2 is 1.77 bits per heavy atom. The molecule has 1 aliphatic heterocycles. The maximum atomic E-state index is 12.8. The second kappa shape index (κ2) is 11.0. The summed E-state index contributed by atoms with van der Waals surface area (Å²) in [5.74, 6) is 1.44. The summed E-state index contributed by atoms with van der Waals surface area (Å²) in [5, 5.41) is 0.545. The number of carbonyl (C=O) groups excluding carboxylic acids is 2. The van der Waals surface area contributed by atoms with Gasteiger partial charge >= 0.3 is 0 Å². The van der Waals surface area contributed by atoms with Crippen LogP contribution in [0.25, 0.3) is 0 Å². The van der Waals surface area contributed by atoms with E-state index < -0.39 is 0 Å². The molecule has 0 aliphatic carbocycles. The molecular weight excluding hydrogens is 416 g/mol. The summed E-state index contributed by atoms with van der Waals surface area (Å²) in [7, 11) is 1.61. The van der Waals surface area contributed by atoms with Gasteiger partial charge in [-0.25, -0.2) is 0 Å². The largest absolute Gasteiger partial charge is 0.493 e. The molecule has 2 aromatic rings. The van der Waals surface area contributed by atoms with E-state index in [4.69, 9.17) is 21.1 Å². The molecule has 1 saturated heterocycles. The summed E-state index contributed by atoms with van der Waals surface area (Å²) in [6, 6.07) is 12.8. The highest BCUT2D eigenvalue weighted by molar-refractivity contribution is 6.30. The number of benzene rings is 2. The normalized spacial score (nSPS) is 14.2. The summed E-state index contributed by atoms with van der Waals surface area (Å²) in [5.41, 5.74) is 1.61. The van der Waals surface area contributed by atoms with E-state index in [1.54, 1.807) is 36.3 Å². The Hall–Kier alpha value is -2.73. The van der Waals surface area contributed by atoms with Crippen LogP contribution >= 0.6 is 11.6 Å². The van der Waals surface area contributed by atoms with Gasteiger partial charge in [-0.15, -0.1) is 0 Å². The maximum Gasteiger partial charge on any atom is 0.253 e. The van der Waals surface area contributed by atoms with Gasteiger partial charge in [0.25, 0.3) is 5.91 Å². The van der Waals surface area contributed by atoms with Crippen LogP contribution < -0.4 is 9.47 Å². The number of hydrogen-bond donors (Lipinski definition) is 0. The van der Waals surface area contributed by atoms with Crippen molar-refractivity contribution in [3.63, 3.8) is 0 Å². The number of ether oxygens (including phenoxy) is 2. The molecule has 0 bridgehead atoms. The van der Waals surface area contributed by atoms with Crippen molar-refractivity contribution in [1.82, 2.24) is 9.80 Å². The second-order valence-corrected chi connectivity index (χ2v) is 7.89. The third kappa shape index (κ3) is 6.14. The van der Waals surface area contributed by atoms with E-state index in [0.29, 0.717) is 67.7 Å². The maximum absolute atomic E-state index is 12.8. The average molecular weight is 445 g/mol. The highest BCUT2D eigenvalue weighted by Gasteiger charge is 2.23. The first-order valence-corrected chi connectivity index (χ1v) is 11.0. The molecule has 0 unspecified atom stereocenters. The quantitative estimate of drug-likeness (QED) is 0.646. The Morgan fingerprint density at radius 3 is 2.52 bits per heavy atom. The minimum Gasteiger partial charge on any atom is -0.493 e. The molecule has 31 heavy (non-hydrogen) atoms. The molecule has 7 heteroatoms. The number of aryl methyl sites for hydroxylation is 1. The Morgan fingerprint density at radius 1 is 1.00 bits per heavy atom. The molecule has 2 aromatic carbocycles. The van der Waals surface area contributed by atoms with Crippen LogP contribution in [0.4, 0.5) is 0 Å². The Bertz CT molecular complexity index is 918. The standard InChI is InChI=1S/C24H29ClN2O4/c1-3-31-21-10-8-18(16-22(21)30-2)9-11-23(28)26-12-5-13-27(15-14-26)24(29)19-6-4-7-20(25)17-19/h4,6-8,10,16-17H,3,5,9,11-15H2,1-2H3. The summed E-state index contributed by atoms with van der Waals surface area (Å²) in [6.07, 6.45) is 1.80. The molecule has 3 rings (SSSR count). The first kappa shape index (κ1) is 22.9. The Balaban J connectivity index is 1.54. The van der Waals surface area contributed by atoms with Gasteiger partial charge in [0, 0.05) is 43.2 Å². The lowest BCUT2D eigenvalue weighted by Crippen LogP contribution is -2.37. The summed E-state index contributed by atoms with van der Waals surface area (Å²) in [6.45, 7) is 4.85. The van der Waals surface area contributed by atoms with E-state index in [1.807, 2.05) is 30.0 Å². The molecule has 0 radical (unpaired) electrons. The predicted molar refractivity (Wildman–Crippen MR) is 121 cm³/mol. The lowest BCUT2D eigenvalue weighted by Gasteiger charge is -2.22. The van der Waals surface area contributed by atoms with E-state index in [-0.39, 0.29) is 11.8 Å². The van der Waals surface area contributed by atoms with Crippen LogP contribution in [0.2, 0.25) is 5.02 Å². The zero-order valence-corrected chi connectivity index (χ0v) is 18.9. The van der Waals surface area contributed by atoms with Crippen LogP contribution in [0.3, 0.4) is 0 Å². The van der Waals surface area contributed by atoms with Gasteiger partial charge in [-0.2, -0.15) is 0 Å². The van der Waals surface area contributed by atoms with Gasteiger partial charge in [-0.1, -0.05) is 23.7 Å². The van der Waals surface area contributed by atoms with Crippen LogP contribution in [0.15, 0.2) is 42.5 Å². The van der Waals surface area contributed by atoms with Gasteiger partial charge in [0.05, 0.1) is 13.7 Å². The minimum absolute atomic E-state index is 0.0433. The van der Waals surface area contributed by atoms with Crippen LogP contribution in [0.1, 0.15) is 35.7 Å². The van der Waals surface area contributed by atoms with Crippen molar-refractivity contribution in [2.24, 2.45) is 0 Å². The number of halogens is 1. The number of methoxy groups -OCH3 is 1. The fraction of sp³-hybridized carbons (Fsp3) is 0.417. The summed E-state index contributed by atoms with van der Waals surface area (Å²) in [4.78, 5) is 29.2. The van der Waals surface area contributed by atoms with E-state index in [1.165, 1.54) is 0 Å². The van der Waals surface area contributed by atoms with Gasteiger partial charge in [-0.3, -0.25) is 9.59 Å². The third-order valence-corrected chi connectivity index (χ3v) is 5.60. The van der Waals surface area contributed by atoms with Gasteiger partial charge < -0.3 is 19.3 Å². The molecule has 6 nitrogen and oxygen atoms in total. The van der Waals surface area contributed by atoms with Crippen molar-refractivity contribution >= 4 is 23.4 Å². The van der Waals surface area contributed by atoms with Crippen molar-refractivity contribution in [3.05, 3.63) is 58.6 Å². The molecular formula is C24H29ClN2O4. The SMILES string of the molecule is CCOc1ccc(CCC(=O)N2CCCN(C(=O)c3cccc(Cl)c3)CC2)cc1OC. The van der Waals surface area contributed by atoms with Crippen LogP contribution in [0, 0.1) is 0 Å². The number of nitrogens with zero attached hydrogens (tertiary/aromatic N) is 2. The molecule has 0 aromatic heterocycles. The summed E-state index contributed by atoms with van der Waals surface area (Å²) < 4.78 is 10.9. The van der Waals surface area contributed by atoms with Gasteiger partial charge in [0.15, 0.2) is 11.5 Å². The average Bonchev–Trinajstić information content (AvgIpc) is 3.04. The topological polar surface area (TPSA) is 59.1 Å². The van der Waals surface area contributed by atoms with Crippen LogP contribution in [-0.2, 0) is 11.2 Å². The minimum atomic E-state index is -0.0433. The van der Waals surface area contributed by atoms with Crippen molar-refractivity contribution in [1.29, 1.82) is 0 Å². The molecule has 1 aliphatic rings. The van der Waals surface area contributed by atoms with E-state index in [9.17, 15) is 9.59 Å². The van der Waals surface area contributed by atoms with Crippen molar-refractivity contribution in [3.8, 4) is 11.5 Å². The van der Waals surface area contributed by atoms with E-state index >= 15 is 0 Å². The van der Waals surface area contributed by atoms with Crippen molar-refractivity contribution in [2.45, 2.75) is 26.2 Å². The fourth-order valence-electron chi connectivity index (χ4n) is 3.73. The second-order valence-electron chi connectivity index (χ2n) is 7.46. The van der Waals surface area contributed by atoms with Crippen LogP contribution in [0.5, 0.6) is 11.5 Å². The molecule has 166 valence electrons. The number of carbonyl (C=O) groups is 2. The molecule has 0 saturated carbocycles. The Kier molecular flexibility index (Phi) is 8.18. The number of hydrogen-bond acceptors (Lipinski definition) is 4. The lowest BCUT2D eigenvalue weighted by atomic mass is 10.1. The highest BCUT2D eigenvalue weighted by atomic mass is 35.5. The first-order chi connectivity index (χ1) is 15.0. The zero-order valence-electron chi connectivity index (χ0n) is 18.1. The molecule has 1 fully saturated rings. The van der Waals surface area contributed by atoms with E-state index in [2.05, 4.69) is 0 Å².